The fourth-order valence-corrected chi connectivity index (χ4v) is 1.68. The Labute approximate surface area is 111 Å². The number of nitrogens with two attached hydrogens (primary N) is 1. The molecule has 0 heterocycles. The van der Waals surface area contributed by atoms with Crippen LogP contribution in [-0.4, -0.2) is 11.8 Å². The summed E-state index contributed by atoms with van der Waals surface area (Å²) in [7, 11) is 0. The summed E-state index contributed by atoms with van der Waals surface area (Å²) in [6, 6.07) is 5.83. The van der Waals surface area contributed by atoms with Crippen molar-refractivity contribution in [1.82, 2.24) is 5.43 Å². The molecule has 0 aromatic heterocycles. The number of carbonyl (C=O) groups is 1. The molecule has 6 heteroatoms. The zero-order valence-corrected chi connectivity index (χ0v) is 10.7. The molecule has 0 spiro atoms. The van der Waals surface area contributed by atoms with Crippen molar-refractivity contribution in [3.05, 3.63) is 35.6 Å². The van der Waals surface area contributed by atoms with Crippen molar-refractivity contribution in [3.8, 4) is 0 Å². The fraction of sp³-hybridized carbons (Fsp3) is 0.364. The summed E-state index contributed by atoms with van der Waals surface area (Å²) in [6.07, 6.45) is 1.30. The van der Waals surface area contributed by atoms with E-state index in [1.165, 1.54) is 12.1 Å². The Morgan fingerprint density at radius 1 is 1.41 bits per heavy atom. The first-order chi connectivity index (χ1) is 7.69. The van der Waals surface area contributed by atoms with Gasteiger partial charge in [-0.05, 0) is 30.5 Å². The maximum absolute atomic E-state index is 12.7. The Hall–Kier alpha value is -0.840. The minimum absolute atomic E-state index is 0. The summed E-state index contributed by atoms with van der Waals surface area (Å²) >= 11 is 5.58. The highest BCUT2D eigenvalue weighted by molar-refractivity contribution is 6.17. The van der Waals surface area contributed by atoms with Gasteiger partial charge >= 0.3 is 0 Å². The molecule has 1 rings (SSSR count). The van der Waals surface area contributed by atoms with E-state index in [1.807, 2.05) is 0 Å². The Morgan fingerprint density at radius 3 is 2.47 bits per heavy atom. The van der Waals surface area contributed by atoms with Gasteiger partial charge in [-0.15, -0.1) is 24.0 Å². The number of hydrogen-bond acceptors (Lipinski definition) is 2. The summed E-state index contributed by atoms with van der Waals surface area (Å²) in [5.41, 5.74) is 2.86. The maximum Gasteiger partial charge on any atom is 0.241 e. The number of amides is 1. The molecule has 1 aromatic carbocycles. The lowest BCUT2D eigenvalue weighted by atomic mass is 9.94. The molecule has 96 valence electrons. The Bertz CT molecular complexity index is 346. The summed E-state index contributed by atoms with van der Waals surface area (Å²) < 4.78 is 12.7. The van der Waals surface area contributed by atoms with E-state index < -0.39 is 0 Å². The van der Waals surface area contributed by atoms with Crippen LogP contribution in [0.2, 0.25) is 0 Å². The second kappa shape index (κ2) is 8.28. The van der Waals surface area contributed by atoms with Gasteiger partial charge in [0.1, 0.15) is 5.82 Å². The Kier molecular flexibility index (Phi) is 7.87. The lowest BCUT2D eigenvalue weighted by molar-refractivity contribution is -0.122. The van der Waals surface area contributed by atoms with Crippen molar-refractivity contribution < 1.29 is 9.18 Å². The van der Waals surface area contributed by atoms with Gasteiger partial charge in [0, 0.05) is 5.88 Å². The standard InChI is InChI=1S/C11H14ClFN2O.ClH/c12-7-1-2-10(11(16)15-14)8-3-5-9(13)6-4-8;/h3-6,10H,1-2,7,14H2,(H,15,16);1H. The Morgan fingerprint density at radius 2 is 2.00 bits per heavy atom. The highest BCUT2D eigenvalue weighted by atomic mass is 35.5. The first-order valence-corrected chi connectivity index (χ1v) is 5.54. The van der Waals surface area contributed by atoms with Crippen LogP contribution in [-0.2, 0) is 4.79 Å². The fourth-order valence-electron chi connectivity index (χ4n) is 1.53. The zero-order valence-electron chi connectivity index (χ0n) is 9.16. The molecule has 3 nitrogen and oxygen atoms in total. The van der Waals surface area contributed by atoms with Crippen molar-refractivity contribution in [1.29, 1.82) is 0 Å². The van der Waals surface area contributed by atoms with E-state index in [-0.39, 0.29) is 30.0 Å². The lowest BCUT2D eigenvalue weighted by Gasteiger charge is -2.14. The van der Waals surface area contributed by atoms with Crippen molar-refractivity contribution in [3.63, 3.8) is 0 Å². The molecule has 1 amide bonds. The van der Waals surface area contributed by atoms with Gasteiger partial charge in [-0.25, -0.2) is 10.2 Å². The molecule has 0 fully saturated rings. The maximum atomic E-state index is 12.7. The van der Waals surface area contributed by atoms with Crippen molar-refractivity contribution >= 4 is 29.9 Å². The van der Waals surface area contributed by atoms with E-state index in [0.717, 1.165) is 5.56 Å². The van der Waals surface area contributed by atoms with Crippen LogP contribution >= 0.6 is 24.0 Å². The van der Waals surface area contributed by atoms with Gasteiger partial charge in [-0.3, -0.25) is 10.2 Å². The molecule has 0 saturated carbocycles. The van der Waals surface area contributed by atoms with Crippen molar-refractivity contribution in [2.24, 2.45) is 5.84 Å². The minimum Gasteiger partial charge on any atom is -0.294 e. The molecule has 1 atom stereocenters. The number of halogens is 3. The number of hydrogen-bond donors (Lipinski definition) is 2. The van der Waals surface area contributed by atoms with E-state index in [1.54, 1.807) is 12.1 Å². The third-order valence-corrected chi connectivity index (χ3v) is 2.62. The largest absolute Gasteiger partial charge is 0.294 e. The monoisotopic (exact) mass is 280 g/mol. The first-order valence-electron chi connectivity index (χ1n) is 5.01. The molecule has 1 aromatic rings. The molecule has 0 aliphatic carbocycles. The number of carbonyl (C=O) groups excluding carboxylic acids is 1. The summed E-state index contributed by atoms with van der Waals surface area (Å²) in [5.74, 6) is 4.61. The second-order valence-corrected chi connectivity index (χ2v) is 3.82. The lowest BCUT2D eigenvalue weighted by Crippen LogP contribution is -2.34. The number of rotatable bonds is 5. The zero-order chi connectivity index (χ0) is 12.0. The molecule has 0 saturated heterocycles. The summed E-state index contributed by atoms with van der Waals surface area (Å²) in [5, 5.41) is 0. The van der Waals surface area contributed by atoms with Crippen LogP contribution in [0.3, 0.4) is 0 Å². The average Bonchev–Trinajstić information content (AvgIpc) is 2.31. The van der Waals surface area contributed by atoms with Gasteiger partial charge in [0.2, 0.25) is 5.91 Å². The average molecular weight is 281 g/mol. The molecule has 1 unspecified atom stereocenters. The molecule has 17 heavy (non-hydrogen) atoms. The second-order valence-electron chi connectivity index (χ2n) is 3.44. The predicted octanol–water partition coefficient (Wildman–Crippen LogP) is 2.34. The molecule has 0 radical (unpaired) electrons. The Balaban J connectivity index is 0.00000256. The van der Waals surface area contributed by atoms with Gasteiger partial charge in [-0.2, -0.15) is 0 Å². The van der Waals surface area contributed by atoms with Gasteiger partial charge < -0.3 is 0 Å². The summed E-state index contributed by atoms with van der Waals surface area (Å²) in [6.45, 7) is 0. The van der Waals surface area contributed by atoms with Crippen LogP contribution in [0.25, 0.3) is 0 Å². The topological polar surface area (TPSA) is 55.1 Å². The van der Waals surface area contributed by atoms with Crippen LogP contribution in [0.1, 0.15) is 24.3 Å². The number of nitrogens with one attached hydrogen (secondary N) is 1. The van der Waals surface area contributed by atoms with Crippen LogP contribution in [0, 0.1) is 5.82 Å². The van der Waals surface area contributed by atoms with Gasteiger partial charge in [0.25, 0.3) is 0 Å². The van der Waals surface area contributed by atoms with E-state index in [0.29, 0.717) is 18.7 Å². The molecule has 0 bridgehead atoms. The normalized spacial score (nSPS) is 11.5. The smallest absolute Gasteiger partial charge is 0.241 e. The third-order valence-electron chi connectivity index (χ3n) is 2.36. The highest BCUT2D eigenvalue weighted by Gasteiger charge is 2.19. The predicted molar refractivity (Wildman–Crippen MR) is 68.7 cm³/mol. The van der Waals surface area contributed by atoms with Crippen LogP contribution in [0.4, 0.5) is 4.39 Å². The van der Waals surface area contributed by atoms with Crippen molar-refractivity contribution in [2.45, 2.75) is 18.8 Å². The minimum atomic E-state index is -0.371. The van der Waals surface area contributed by atoms with Crippen LogP contribution < -0.4 is 11.3 Å². The quantitative estimate of drug-likeness (QED) is 0.377. The summed E-state index contributed by atoms with van der Waals surface area (Å²) in [4.78, 5) is 11.5. The van der Waals surface area contributed by atoms with E-state index >= 15 is 0 Å². The number of alkyl halides is 1. The van der Waals surface area contributed by atoms with Gasteiger partial charge in [0.05, 0.1) is 5.92 Å². The molecular formula is C11H15Cl2FN2O. The third kappa shape index (κ3) is 4.89. The molecule has 0 aliphatic heterocycles. The number of benzene rings is 1. The molecule has 0 aliphatic rings. The van der Waals surface area contributed by atoms with E-state index in [9.17, 15) is 9.18 Å². The SMILES string of the molecule is Cl.NNC(=O)C(CCCCl)c1ccc(F)cc1. The molecular weight excluding hydrogens is 266 g/mol. The van der Waals surface area contributed by atoms with Gasteiger partial charge in [-0.1, -0.05) is 12.1 Å². The molecule has 3 N–H and O–H groups in total. The van der Waals surface area contributed by atoms with Crippen LogP contribution in [0.5, 0.6) is 0 Å². The van der Waals surface area contributed by atoms with E-state index in [4.69, 9.17) is 17.4 Å². The van der Waals surface area contributed by atoms with Crippen molar-refractivity contribution in [2.75, 3.05) is 5.88 Å². The number of hydrazine groups is 1. The first kappa shape index (κ1) is 16.2. The van der Waals surface area contributed by atoms with Gasteiger partial charge in [0.15, 0.2) is 0 Å². The van der Waals surface area contributed by atoms with E-state index in [2.05, 4.69) is 5.43 Å². The van der Waals surface area contributed by atoms with Crippen LogP contribution in [0.15, 0.2) is 24.3 Å². The highest BCUT2D eigenvalue weighted by Crippen LogP contribution is 2.22.